The van der Waals surface area contributed by atoms with Gasteiger partial charge in [0.05, 0.1) is 32.3 Å². The monoisotopic (exact) mass is 461 g/mol. The third kappa shape index (κ3) is 4.79. The highest BCUT2D eigenvalue weighted by Gasteiger charge is 2.35. The van der Waals surface area contributed by atoms with E-state index in [0.29, 0.717) is 22.6 Å². The van der Waals surface area contributed by atoms with E-state index in [2.05, 4.69) is 4.74 Å². The van der Waals surface area contributed by atoms with Gasteiger partial charge < -0.3 is 19.3 Å². The Bertz CT molecular complexity index is 1110. The van der Waals surface area contributed by atoms with Gasteiger partial charge in [-0.1, -0.05) is 23.8 Å². The smallest absolute Gasteiger partial charge is 0.330 e. The number of carbonyl (C=O) groups excluding carboxylic acids is 1. The van der Waals surface area contributed by atoms with Gasteiger partial charge in [-0.2, -0.15) is 4.31 Å². The SMILES string of the molecule is COC(=O)/C=C/[C@H]1c2cc(OC)c(OC)cc2CN(S(=O)(=O)c2ccc(C)cc2)C[C@@H]1O. The lowest BCUT2D eigenvalue weighted by atomic mass is 9.90. The highest BCUT2D eigenvalue weighted by Crippen LogP contribution is 2.39. The van der Waals surface area contributed by atoms with Crippen LogP contribution in [-0.2, 0) is 26.1 Å². The van der Waals surface area contributed by atoms with Crippen LogP contribution < -0.4 is 9.47 Å². The zero-order chi connectivity index (χ0) is 23.5. The van der Waals surface area contributed by atoms with Crippen LogP contribution in [-0.4, -0.2) is 57.8 Å². The Morgan fingerprint density at radius 3 is 2.31 bits per heavy atom. The number of β-amino-alcohol motifs (C(OH)–C–C–N with tert-alkyl or cyclic N) is 1. The third-order valence-corrected chi connectivity index (χ3v) is 7.28. The molecule has 0 fully saturated rings. The van der Waals surface area contributed by atoms with Gasteiger partial charge >= 0.3 is 5.97 Å². The maximum absolute atomic E-state index is 13.4. The lowest BCUT2D eigenvalue weighted by Crippen LogP contribution is -2.36. The maximum Gasteiger partial charge on any atom is 0.330 e. The molecule has 9 heteroatoms. The third-order valence-electron chi connectivity index (χ3n) is 5.46. The number of ether oxygens (including phenoxy) is 3. The zero-order valence-electron chi connectivity index (χ0n) is 18.4. The molecule has 172 valence electrons. The van der Waals surface area contributed by atoms with Gasteiger partial charge in [0.15, 0.2) is 11.5 Å². The number of nitrogens with zero attached hydrogens (tertiary/aromatic N) is 1. The van der Waals surface area contributed by atoms with Crippen molar-refractivity contribution in [3.8, 4) is 11.5 Å². The zero-order valence-corrected chi connectivity index (χ0v) is 19.3. The number of carbonyl (C=O) groups is 1. The molecule has 0 unspecified atom stereocenters. The van der Waals surface area contributed by atoms with Crippen LogP contribution >= 0.6 is 0 Å². The van der Waals surface area contributed by atoms with Crippen LogP contribution in [0.2, 0.25) is 0 Å². The quantitative estimate of drug-likeness (QED) is 0.521. The van der Waals surface area contributed by atoms with E-state index in [9.17, 15) is 18.3 Å². The van der Waals surface area contributed by atoms with Crippen LogP contribution in [0.4, 0.5) is 0 Å². The van der Waals surface area contributed by atoms with Crippen molar-refractivity contribution < 1.29 is 32.5 Å². The summed E-state index contributed by atoms with van der Waals surface area (Å²) in [5.74, 6) is -0.370. The van der Waals surface area contributed by atoms with Gasteiger partial charge in [0, 0.05) is 25.1 Å². The predicted molar refractivity (Wildman–Crippen MR) is 118 cm³/mol. The lowest BCUT2D eigenvalue weighted by Gasteiger charge is -2.23. The van der Waals surface area contributed by atoms with E-state index < -0.39 is 28.0 Å². The minimum absolute atomic E-state index is 0.0194. The van der Waals surface area contributed by atoms with Crippen LogP contribution in [0.1, 0.15) is 22.6 Å². The van der Waals surface area contributed by atoms with Crippen molar-refractivity contribution in [2.24, 2.45) is 0 Å². The van der Waals surface area contributed by atoms with Crippen molar-refractivity contribution in [3.63, 3.8) is 0 Å². The molecular formula is C23H27NO7S. The van der Waals surface area contributed by atoms with Crippen molar-refractivity contribution in [1.29, 1.82) is 0 Å². The Kier molecular flexibility index (Phi) is 7.22. The molecule has 0 saturated heterocycles. The molecule has 0 saturated carbocycles. The first-order valence-corrected chi connectivity index (χ1v) is 11.4. The molecule has 1 aliphatic rings. The fraction of sp³-hybridized carbons (Fsp3) is 0.348. The number of fused-ring (bicyclic) bond motifs is 1. The fourth-order valence-electron chi connectivity index (χ4n) is 3.69. The second-order valence-electron chi connectivity index (χ2n) is 7.49. The number of aryl methyl sites for hydroxylation is 1. The van der Waals surface area contributed by atoms with Crippen molar-refractivity contribution in [3.05, 3.63) is 65.2 Å². The second-order valence-corrected chi connectivity index (χ2v) is 9.43. The Labute approximate surface area is 188 Å². The number of aliphatic hydroxyl groups excluding tert-OH is 1. The van der Waals surface area contributed by atoms with E-state index in [1.54, 1.807) is 36.4 Å². The summed E-state index contributed by atoms with van der Waals surface area (Å²) in [4.78, 5) is 11.8. The van der Waals surface area contributed by atoms with Crippen LogP contribution in [0.5, 0.6) is 11.5 Å². The largest absolute Gasteiger partial charge is 0.493 e. The van der Waals surface area contributed by atoms with Gasteiger partial charge in [0.25, 0.3) is 0 Å². The number of methoxy groups -OCH3 is 3. The van der Waals surface area contributed by atoms with Gasteiger partial charge in [-0.05, 0) is 42.3 Å². The summed E-state index contributed by atoms with van der Waals surface area (Å²) in [6.07, 6.45) is 1.62. The van der Waals surface area contributed by atoms with Crippen LogP contribution in [0.3, 0.4) is 0 Å². The van der Waals surface area contributed by atoms with Gasteiger partial charge in [-0.15, -0.1) is 0 Å². The molecule has 2 atom stereocenters. The van der Waals surface area contributed by atoms with Gasteiger partial charge in [-0.25, -0.2) is 13.2 Å². The van der Waals surface area contributed by atoms with Crippen molar-refractivity contribution >= 4 is 16.0 Å². The first kappa shape index (κ1) is 23.8. The van der Waals surface area contributed by atoms with Crippen molar-refractivity contribution in [2.75, 3.05) is 27.9 Å². The summed E-state index contributed by atoms with van der Waals surface area (Å²) >= 11 is 0. The molecule has 0 aliphatic carbocycles. The fourth-order valence-corrected chi connectivity index (χ4v) is 5.13. The Morgan fingerprint density at radius 1 is 1.09 bits per heavy atom. The number of benzene rings is 2. The highest BCUT2D eigenvalue weighted by molar-refractivity contribution is 7.89. The van der Waals surface area contributed by atoms with E-state index in [4.69, 9.17) is 9.47 Å². The Balaban J connectivity index is 2.12. The normalized spacial score (nSPS) is 19.3. The number of hydrogen-bond donors (Lipinski definition) is 1. The summed E-state index contributed by atoms with van der Waals surface area (Å²) in [7, 11) is 0.353. The molecule has 1 heterocycles. The lowest BCUT2D eigenvalue weighted by molar-refractivity contribution is -0.134. The van der Waals surface area contributed by atoms with Gasteiger partial charge in [0.2, 0.25) is 10.0 Å². The first-order valence-electron chi connectivity index (χ1n) is 9.97. The van der Waals surface area contributed by atoms with E-state index in [0.717, 1.165) is 5.56 Å². The summed E-state index contributed by atoms with van der Waals surface area (Å²) < 4.78 is 43.4. The topological polar surface area (TPSA) is 102 Å². The maximum atomic E-state index is 13.4. The summed E-state index contributed by atoms with van der Waals surface area (Å²) in [5, 5.41) is 11.0. The van der Waals surface area contributed by atoms with E-state index >= 15 is 0 Å². The van der Waals surface area contributed by atoms with E-state index in [1.807, 2.05) is 6.92 Å². The van der Waals surface area contributed by atoms with Crippen molar-refractivity contribution in [2.45, 2.75) is 30.4 Å². The summed E-state index contributed by atoms with van der Waals surface area (Å²) in [6.45, 7) is 1.73. The molecule has 1 aliphatic heterocycles. The molecule has 2 aromatic rings. The minimum atomic E-state index is -3.89. The molecule has 32 heavy (non-hydrogen) atoms. The second kappa shape index (κ2) is 9.72. The molecule has 0 bridgehead atoms. The van der Waals surface area contributed by atoms with Crippen LogP contribution in [0.25, 0.3) is 0 Å². The highest BCUT2D eigenvalue weighted by atomic mass is 32.2. The molecule has 0 aromatic heterocycles. The van der Waals surface area contributed by atoms with Crippen molar-refractivity contribution in [1.82, 2.24) is 4.31 Å². The number of aliphatic hydroxyl groups is 1. The summed E-state index contributed by atoms with van der Waals surface area (Å²) in [5.41, 5.74) is 2.21. The van der Waals surface area contributed by atoms with E-state index in [1.165, 1.54) is 37.8 Å². The average molecular weight is 462 g/mol. The summed E-state index contributed by atoms with van der Waals surface area (Å²) in [6, 6.07) is 9.95. The molecule has 1 N–H and O–H groups in total. The molecule has 2 aromatic carbocycles. The Morgan fingerprint density at radius 2 is 1.72 bits per heavy atom. The number of rotatable bonds is 6. The molecule has 0 radical (unpaired) electrons. The standard InChI is InChI=1S/C23H27NO7S/c1-15-5-7-17(8-6-15)32(27,28)24-13-16-11-21(29-2)22(30-3)12-19(16)18(20(25)14-24)9-10-23(26)31-4/h5-12,18,20,25H,13-14H2,1-4H3/b10-9+/t18-,20-/m0/s1. The molecule has 0 amide bonds. The molecule has 0 spiro atoms. The van der Waals surface area contributed by atoms with Gasteiger partial charge in [0.1, 0.15) is 0 Å². The van der Waals surface area contributed by atoms with Crippen LogP contribution in [0, 0.1) is 6.92 Å². The molecular weight excluding hydrogens is 434 g/mol. The molecule has 3 rings (SSSR count). The number of esters is 1. The first-order chi connectivity index (χ1) is 15.2. The van der Waals surface area contributed by atoms with E-state index in [-0.39, 0.29) is 18.0 Å². The molecule has 8 nitrogen and oxygen atoms in total. The van der Waals surface area contributed by atoms with Gasteiger partial charge in [-0.3, -0.25) is 0 Å². The average Bonchev–Trinajstić information content (AvgIpc) is 2.92. The van der Waals surface area contributed by atoms with Crippen LogP contribution in [0.15, 0.2) is 53.4 Å². The Hall–Kier alpha value is -2.88. The number of hydrogen-bond acceptors (Lipinski definition) is 7. The number of sulfonamides is 1. The minimum Gasteiger partial charge on any atom is -0.493 e. The predicted octanol–water partition coefficient (Wildman–Crippen LogP) is 2.39.